The molecule has 0 unspecified atom stereocenters. The summed E-state index contributed by atoms with van der Waals surface area (Å²) in [4.78, 5) is 16.5. The normalized spacial score (nSPS) is 12.3. The van der Waals surface area contributed by atoms with E-state index in [1.807, 2.05) is 48.6 Å². The van der Waals surface area contributed by atoms with Gasteiger partial charge in [0.2, 0.25) is 0 Å². The lowest BCUT2D eigenvalue weighted by atomic mass is 10.0. The zero-order valence-corrected chi connectivity index (χ0v) is 16.7. The quantitative estimate of drug-likeness (QED) is 0.364. The van der Waals surface area contributed by atoms with Gasteiger partial charge < -0.3 is 9.97 Å². The van der Waals surface area contributed by atoms with E-state index in [4.69, 9.17) is 9.97 Å². The first-order valence-corrected chi connectivity index (χ1v) is 10.0. The van der Waals surface area contributed by atoms with Gasteiger partial charge in [-0.25, -0.2) is 9.97 Å². The summed E-state index contributed by atoms with van der Waals surface area (Å²) in [6, 6.07) is 12.4. The molecule has 30 heavy (non-hydrogen) atoms. The minimum absolute atomic E-state index is 0.775. The molecule has 3 aromatic rings. The highest BCUT2D eigenvalue weighted by molar-refractivity contribution is 5.80. The fraction of sp³-hybridized carbons (Fsp3) is 0.0769. The first kappa shape index (κ1) is 18.1. The number of allylic oxidation sites excluding steroid dienone is 2. The van der Waals surface area contributed by atoms with E-state index in [9.17, 15) is 0 Å². The molecule has 3 aromatic heterocycles. The molecule has 2 N–H and O–H groups in total. The molecule has 0 spiro atoms. The lowest BCUT2D eigenvalue weighted by Crippen LogP contribution is -1.87. The Kier molecular flexibility index (Phi) is 4.52. The van der Waals surface area contributed by atoms with Crippen molar-refractivity contribution < 1.29 is 0 Å². The number of aromatic amines is 2. The van der Waals surface area contributed by atoms with E-state index in [0.29, 0.717) is 0 Å². The zero-order chi connectivity index (χ0) is 20.5. The van der Waals surface area contributed by atoms with Crippen LogP contribution in [-0.2, 0) is 12.8 Å². The van der Waals surface area contributed by atoms with Gasteiger partial charge in [0.05, 0.1) is 22.8 Å². The fourth-order valence-corrected chi connectivity index (χ4v) is 3.95. The highest BCUT2D eigenvalue weighted by Crippen LogP contribution is 2.25. The number of nitrogens with one attached hydrogen (secondary N) is 2. The molecule has 4 heteroatoms. The fourth-order valence-electron chi connectivity index (χ4n) is 3.95. The molecule has 0 saturated heterocycles. The molecule has 8 bridgehead atoms. The minimum atomic E-state index is 0.775. The van der Waals surface area contributed by atoms with Gasteiger partial charge >= 0.3 is 0 Å². The van der Waals surface area contributed by atoms with Crippen LogP contribution in [0, 0.1) is 0 Å². The molecule has 0 saturated carbocycles. The molecule has 0 radical (unpaired) electrons. The van der Waals surface area contributed by atoms with Crippen molar-refractivity contribution in [3.8, 4) is 0 Å². The van der Waals surface area contributed by atoms with Crippen LogP contribution in [0.25, 0.3) is 46.4 Å². The molecule has 0 fully saturated rings. The topological polar surface area (TPSA) is 57.4 Å². The summed E-state index contributed by atoms with van der Waals surface area (Å²) >= 11 is 0. The third-order valence-corrected chi connectivity index (χ3v) is 5.27. The van der Waals surface area contributed by atoms with E-state index < -0.39 is 0 Å². The summed E-state index contributed by atoms with van der Waals surface area (Å²) in [6.07, 6.45) is 13.6. The maximum atomic E-state index is 4.77. The van der Waals surface area contributed by atoms with Crippen LogP contribution < -0.4 is 0 Å². The van der Waals surface area contributed by atoms with E-state index in [1.165, 1.54) is 11.1 Å². The van der Waals surface area contributed by atoms with Crippen LogP contribution in [0.3, 0.4) is 0 Å². The third kappa shape index (κ3) is 3.44. The summed E-state index contributed by atoms with van der Waals surface area (Å²) in [6.45, 7) is 7.90. The minimum Gasteiger partial charge on any atom is -0.355 e. The van der Waals surface area contributed by atoms with Crippen LogP contribution in [0.2, 0.25) is 0 Å². The first-order chi connectivity index (χ1) is 14.7. The largest absolute Gasteiger partial charge is 0.355 e. The molecule has 0 aromatic carbocycles. The molecular weight excluding hydrogens is 368 g/mol. The van der Waals surface area contributed by atoms with Crippen molar-refractivity contribution in [3.05, 3.63) is 95.6 Å². The van der Waals surface area contributed by atoms with E-state index in [0.717, 1.165) is 57.7 Å². The molecule has 5 heterocycles. The van der Waals surface area contributed by atoms with Crippen LogP contribution in [0.1, 0.15) is 33.9 Å². The van der Waals surface area contributed by atoms with Gasteiger partial charge in [-0.3, -0.25) is 0 Å². The monoisotopic (exact) mass is 390 g/mol. The van der Waals surface area contributed by atoms with E-state index >= 15 is 0 Å². The van der Waals surface area contributed by atoms with Gasteiger partial charge in [-0.2, -0.15) is 0 Å². The molecule has 5 rings (SSSR count). The maximum Gasteiger partial charge on any atom is 0.0658 e. The summed E-state index contributed by atoms with van der Waals surface area (Å²) in [5.41, 5.74) is 10.3. The Balaban J connectivity index is 1.88. The molecule has 0 amide bonds. The Morgan fingerprint density at radius 1 is 0.633 bits per heavy atom. The second-order valence-electron chi connectivity index (χ2n) is 7.43. The number of hydrogen-bond donors (Lipinski definition) is 2. The number of H-pyrrole nitrogens is 2. The Morgan fingerprint density at radius 2 is 1.07 bits per heavy atom. The van der Waals surface area contributed by atoms with E-state index in [1.54, 1.807) is 0 Å². The lowest BCUT2D eigenvalue weighted by molar-refractivity contribution is 1.20. The lowest BCUT2D eigenvalue weighted by Gasteiger charge is -1.99. The molecule has 2 aliphatic heterocycles. The molecule has 146 valence electrons. The number of rotatable bonds is 4. The van der Waals surface area contributed by atoms with Crippen LogP contribution in [0.5, 0.6) is 0 Å². The zero-order valence-electron chi connectivity index (χ0n) is 16.7. The summed E-state index contributed by atoms with van der Waals surface area (Å²) in [5.74, 6) is 0. The van der Waals surface area contributed by atoms with E-state index in [2.05, 4.69) is 47.4 Å². The van der Waals surface area contributed by atoms with Gasteiger partial charge in [0.15, 0.2) is 0 Å². The Labute approximate surface area is 175 Å². The third-order valence-electron chi connectivity index (χ3n) is 5.27. The van der Waals surface area contributed by atoms with Gasteiger partial charge in [0.1, 0.15) is 0 Å². The molecule has 0 atom stereocenters. The Hall–Kier alpha value is -3.92. The van der Waals surface area contributed by atoms with Crippen molar-refractivity contribution in [1.29, 1.82) is 0 Å². The first-order valence-electron chi connectivity index (χ1n) is 10.0. The van der Waals surface area contributed by atoms with Crippen molar-refractivity contribution in [2.24, 2.45) is 0 Å². The second kappa shape index (κ2) is 7.48. The van der Waals surface area contributed by atoms with Crippen LogP contribution >= 0.6 is 0 Å². The van der Waals surface area contributed by atoms with Crippen molar-refractivity contribution in [2.75, 3.05) is 0 Å². The Morgan fingerprint density at radius 3 is 1.50 bits per heavy atom. The van der Waals surface area contributed by atoms with Crippen molar-refractivity contribution in [2.45, 2.75) is 12.8 Å². The number of hydrogen-bond acceptors (Lipinski definition) is 2. The van der Waals surface area contributed by atoms with Gasteiger partial charge in [-0.15, -0.1) is 13.2 Å². The average Bonchev–Trinajstić information content (AvgIpc) is 3.50. The summed E-state index contributed by atoms with van der Waals surface area (Å²) < 4.78 is 0. The van der Waals surface area contributed by atoms with Crippen molar-refractivity contribution >= 4 is 46.4 Å². The summed E-state index contributed by atoms with van der Waals surface area (Å²) in [7, 11) is 0. The SMILES string of the molecule is C=CCc1c(CC=C)c2cc3nc(cc4ccc(cc5nc(cc1[nH]2)C=C5)[nH]4)C=C3. The van der Waals surface area contributed by atoms with E-state index in [-0.39, 0.29) is 0 Å². The molecule has 4 nitrogen and oxygen atoms in total. The van der Waals surface area contributed by atoms with Crippen molar-refractivity contribution in [3.63, 3.8) is 0 Å². The predicted octanol–water partition coefficient (Wildman–Crippen LogP) is 6.11. The van der Waals surface area contributed by atoms with Gasteiger partial charge in [0.25, 0.3) is 0 Å². The standard InChI is InChI=1S/C26H22N4/c1-3-5-23-24(6-4-2)26-16-22-12-10-20(29-22)14-18-8-7-17(27-18)13-19-9-11-21(28-19)15-25(23)30-26/h3-4,7-16,27,30H,1-2,5-6H2. The van der Waals surface area contributed by atoms with Crippen LogP contribution in [0.15, 0.2) is 61.7 Å². The second-order valence-corrected chi connectivity index (χ2v) is 7.43. The molecule has 0 aliphatic carbocycles. The highest BCUT2D eigenvalue weighted by atomic mass is 14.8. The van der Waals surface area contributed by atoms with Crippen LogP contribution in [-0.4, -0.2) is 19.9 Å². The van der Waals surface area contributed by atoms with Gasteiger partial charge in [-0.1, -0.05) is 12.2 Å². The maximum absolute atomic E-state index is 4.77. The predicted molar refractivity (Wildman–Crippen MR) is 127 cm³/mol. The van der Waals surface area contributed by atoms with Gasteiger partial charge in [0, 0.05) is 22.1 Å². The van der Waals surface area contributed by atoms with Crippen LogP contribution in [0.4, 0.5) is 0 Å². The number of aromatic nitrogens is 4. The van der Waals surface area contributed by atoms with Gasteiger partial charge in [-0.05, 0) is 84.7 Å². The number of fused-ring (bicyclic) bond motifs is 8. The van der Waals surface area contributed by atoms with Crippen molar-refractivity contribution in [1.82, 2.24) is 19.9 Å². The number of nitrogens with zero attached hydrogens (tertiary/aromatic N) is 2. The molecule has 2 aliphatic rings. The molecular formula is C26H22N4. The Bertz CT molecular complexity index is 1280. The average molecular weight is 390 g/mol. The summed E-state index contributed by atoms with van der Waals surface area (Å²) in [5, 5.41) is 0. The highest BCUT2D eigenvalue weighted by Gasteiger charge is 2.11. The smallest absolute Gasteiger partial charge is 0.0658 e.